The van der Waals surface area contributed by atoms with Gasteiger partial charge in [-0.15, -0.1) is 0 Å². The molecule has 0 heterocycles. The first-order valence-corrected chi connectivity index (χ1v) is 8.33. The molecule has 24 heavy (non-hydrogen) atoms. The van der Waals surface area contributed by atoms with Crippen LogP contribution in [0.5, 0.6) is 0 Å². The zero-order chi connectivity index (χ0) is 17.5. The van der Waals surface area contributed by atoms with Crippen molar-refractivity contribution in [2.45, 2.75) is 45.1 Å². The van der Waals surface area contributed by atoms with E-state index in [1.54, 1.807) is 0 Å². The molecule has 3 amide bonds. The Labute approximate surface area is 142 Å². The number of esters is 1. The SMILES string of the molecule is CC[C@@H](C)[C@@H](C(=O)OCC(=O)NC(=O)NC1CC1)c1ccccc1. The summed E-state index contributed by atoms with van der Waals surface area (Å²) in [6.45, 7) is 3.52. The summed E-state index contributed by atoms with van der Waals surface area (Å²) >= 11 is 0. The van der Waals surface area contributed by atoms with Crippen molar-refractivity contribution < 1.29 is 19.1 Å². The van der Waals surface area contributed by atoms with E-state index in [-0.39, 0.29) is 12.0 Å². The monoisotopic (exact) mass is 332 g/mol. The molecule has 2 rings (SSSR count). The van der Waals surface area contributed by atoms with Gasteiger partial charge in [0.25, 0.3) is 5.91 Å². The molecule has 0 aromatic heterocycles. The number of urea groups is 1. The average molecular weight is 332 g/mol. The van der Waals surface area contributed by atoms with Gasteiger partial charge in [-0.05, 0) is 24.3 Å². The first kappa shape index (κ1) is 18.0. The zero-order valence-electron chi connectivity index (χ0n) is 14.1. The van der Waals surface area contributed by atoms with Crippen LogP contribution < -0.4 is 10.6 Å². The molecule has 0 aliphatic heterocycles. The van der Waals surface area contributed by atoms with Gasteiger partial charge in [0.1, 0.15) is 0 Å². The van der Waals surface area contributed by atoms with Crippen LogP contribution in [0.2, 0.25) is 0 Å². The van der Waals surface area contributed by atoms with Crippen LogP contribution in [-0.4, -0.2) is 30.6 Å². The zero-order valence-corrected chi connectivity index (χ0v) is 14.1. The van der Waals surface area contributed by atoms with Crippen LogP contribution in [0.1, 0.15) is 44.6 Å². The van der Waals surface area contributed by atoms with Gasteiger partial charge in [0.05, 0.1) is 5.92 Å². The molecule has 1 aromatic carbocycles. The van der Waals surface area contributed by atoms with Gasteiger partial charge in [-0.25, -0.2) is 4.79 Å². The minimum atomic E-state index is -0.627. The van der Waals surface area contributed by atoms with Gasteiger partial charge in [0.15, 0.2) is 6.61 Å². The third-order valence-electron chi connectivity index (χ3n) is 4.14. The number of carbonyl (C=O) groups is 3. The standard InChI is InChI=1S/C18H24N2O4/c1-3-12(2)16(13-7-5-4-6-8-13)17(22)24-11-15(21)20-18(23)19-14-9-10-14/h4-8,12,14,16H,3,9-11H2,1-2H3,(H2,19,20,21,23)/t12-,16-/m1/s1. The Kier molecular flexibility index (Phi) is 6.35. The van der Waals surface area contributed by atoms with Crippen molar-refractivity contribution >= 4 is 17.9 Å². The Morgan fingerprint density at radius 1 is 1.21 bits per heavy atom. The minimum Gasteiger partial charge on any atom is -0.455 e. The smallest absolute Gasteiger partial charge is 0.321 e. The maximum absolute atomic E-state index is 12.4. The Morgan fingerprint density at radius 2 is 1.88 bits per heavy atom. The van der Waals surface area contributed by atoms with Crippen molar-refractivity contribution in [2.24, 2.45) is 5.92 Å². The molecule has 1 saturated carbocycles. The number of hydrogen-bond donors (Lipinski definition) is 2. The van der Waals surface area contributed by atoms with Crippen LogP contribution in [0.15, 0.2) is 30.3 Å². The highest BCUT2D eigenvalue weighted by Crippen LogP contribution is 2.28. The van der Waals surface area contributed by atoms with Crippen LogP contribution in [-0.2, 0) is 14.3 Å². The maximum Gasteiger partial charge on any atom is 0.321 e. The minimum absolute atomic E-state index is 0.0844. The molecule has 0 bridgehead atoms. The van der Waals surface area contributed by atoms with E-state index in [4.69, 9.17) is 4.74 Å². The molecule has 0 saturated heterocycles. The fourth-order valence-corrected chi connectivity index (χ4v) is 2.43. The average Bonchev–Trinajstić information content (AvgIpc) is 3.37. The molecule has 0 spiro atoms. The van der Waals surface area contributed by atoms with E-state index in [1.165, 1.54) is 0 Å². The predicted octanol–water partition coefficient (Wildman–Crippen LogP) is 2.35. The highest BCUT2D eigenvalue weighted by atomic mass is 16.5. The lowest BCUT2D eigenvalue weighted by atomic mass is 9.86. The maximum atomic E-state index is 12.4. The number of ether oxygens (including phenoxy) is 1. The molecule has 6 nitrogen and oxygen atoms in total. The Hall–Kier alpha value is -2.37. The highest BCUT2D eigenvalue weighted by molar-refractivity contribution is 5.96. The number of amides is 3. The summed E-state index contributed by atoms with van der Waals surface area (Å²) in [4.78, 5) is 35.6. The first-order valence-electron chi connectivity index (χ1n) is 8.33. The Morgan fingerprint density at radius 3 is 2.46 bits per heavy atom. The van der Waals surface area contributed by atoms with Crippen LogP contribution in [0, 0.1) is 5.92 Å². The summed E-state index contributed by atoms with van der Waals surface area (Å²) < 4.78 is 5.13. The van der Waals surface area contributed by atoms with Gasteiger partial charge in [-0.2, -0.15) is 0 Å². The van der Waals surface area contributed by atoms with E-state index in [0.29, 0.717) is 0 Å². The van der Waals surface area contributed by atoms with Crippen LogP contribution in [0.4, 0.5) is 4.79 Å². The van der Waals surface area contributed by atoms with Gasteiger partial charge >= 0.3 is 12.0 Å². The van der Waals surface area contributed by atoms with Crippen LogP contribution in [0.25, 0.3) is 0 Å². The highest BCUT2D eigenvalue weighted by Gasteiger charge is 2.28. The van der Waals surface area contributed by atoms with Crippen molar-refractivity contribution in [1.29, 1.82) is 0 Å². The molecule has 0 unspecified atom stereocenters. The Bertz CT molecular complexity index is 584. The van der Waals surface area contributed by atoms with E-state index in [9.17, 15) is 14.4 Å². The van der Waals surface area contributed by atoms with Gasteiger partial charge in [-0.1, -0.05) is 50.6 Å². The molecule has 130 valence electrons. The molecular formula is C18H24N2O4. The molecule has 2 N–H and O–H groups in total. The number of hydrogen-bond acceptors (Lipinski definition) is 4. The number of rotatable bonds is 7. The summed E-state index contributed by atoms with van der Waals surface area (Å²) in [6, 6.07) is 8.99. The van der Waals surface area contributed by atoms with E-state index in [1.807, 2.05) is 44.2 Å². The number of imide groups is 1. The van der Waals surface area contributed by atoms with Crippen molar-refractivity contribution in [3.8, 4) is 0 Å². The van der Waals surface area contributed by atoms with Crippen LogP contribution >= 0.6 is 0 Å². The number of nitrogens with one attached hydrogen (secondary N) is 2. The van der Waals surface area contributed by atoms with Crippen LogP contribution in [0.3, 0.4) is 0 Å². The number of benzene rings is 1. The van der Waals surface area contributed by atoms with Crippen molar-refractivity contribution in [1.82, 2.24) is 10.6 Å². The second kappa shape index (κ2) is 8.47. The summed E-state index contributed by atoms with van der Waals surface area (Å²) in [6.07, 6.45) is 2.68. The predicted molar refractivity (Wildman–Crippen MR) is 89.3 cm³/mol. The van der Waals surface area contributed by atoms with Gasteiger partial charge < -0.3 is 10.1 Å². The van der Waals surface area contributed by atoms with E-state index < -0.39 is 30.4 Å². The molecule has 1 aromatic rings. The second-order valence-corrected chi connectivity index (χ2v) is 6.18. The molecule has 6 heteroatoms. The van der Waals surface area contributed by atoms with Crippen molar-refractivity contribution in [2.75, 3.05) is 6.61 Å². The van der Waals surface area contributed by atoms with Gasteiger partial charge in [-0.3, -0.25) is 14.9 Å². The fourth-order valence-electron chi connectivity index (χ4n) is 2.43. The van der Waals surface area contributed by atoms with Gasteiger partial charge in [0.2, 0.25) is 0 Å². The molecule has 1 aliphatic rings. The molecule has 1 aliphatic carbocycles. The van der Waals surface area contributed by atoms with Gasteiger partial charge in [0, 0.05) is 6.04 Å². The van der Waals surface area contributed by atoms with E-state index in [0.717, 1.165) is 24.8 Å². The molecule has 1 fully saturated rings. The normalized spacial score (nSPS) is 15.9. The Balaban J connectivity index is 1.87. The number of carbonyl (C=O) groups excluding carboxylic acids is 3. The summed E-state index contributed by atoms with van der Waals surface area (Å²) in [5.41, 5.74) is 0.865. The summed E-state index contributed by atoms with van der Waals surface area (Å²) in [5.74, 6) is -1.42. The quantitative estimate of drug-likeness (QED) is 0.751. The van der Waals surface area contributed by atoms with E-state index in [2.05, 4.69) is 10.6 Å². The molecular weight excluding hydrogens is 308 g/mol. The lowest BCUT2D eigenvalue weighted by Crippen LogP contribution is -2.42. The third-order valence-corrected chi connectivity index (χ3v) is 4.14. The van der Waals surface area contributed by atoms with Crippen molar-refractivity contribution in [3.05, 3.63) is 35.9 Å². The van der Waals surface area contributed by atoms with E-state index >= 15 is 0 Å². The largest absolute Gasteiger partial charge is 0.455 e. The molecule has 2 atom stereocenters. The third kappa shape index (κ3) is 5.37. The summed E-state index contributed by atoms with van der Waals surface area (Å²) in [5, 5.41) is 4.80. The molecule has 0 radical (unpaired) electrons. The fraction of sp³-hybridized carbons (Fsp3) is 0.500. The van der Waals surface area contributed by atoms with Crippen molar-refractivity contribution in [3.63, 3.8) is 0 Å². The lowest BCUT2D eigenvalue weighted by Gasteiger charge is -2.21. The second-order valence-electron chi connectivity index (χ2n) is 6.18. The lowest BCUT2D eigenvalue weighted by molar-refractivity contribution is -0.151. The topological polar surface area (TPSA) is 84.5 Å². The summed E-state index contributed by atoms with van der Waals surface area (Å²) in [7, 11) is 0. The first-order chi connectivity index (χ1) is 11.5.